The first-order valence-electron chi connectivity index (χ1n) is 9.13. The smallest absolute Gasteiger partial charge is 0.208 e. The summed E-state index contributed by atoms with van der Waals surface area (Å²) in [6, 6.07) is 30.9. The van der Waals surface area contributed by atoms with Crippen molar-refractivity contribution in [1.29, 1.82) is 0 Å². The predicted octanol–water partition coefficient (Wildman–Crippen LogP) is 5.34. The van der Waals surface area contributed by atoms with E-state index in [-0.39, 0.29) is 0 Å². The number of thiazole rings is 1. The Hall–Kier alpha value is -3.37. The van der Waals surface area contributed by atoms with E-state index < -0.39 is 0 Å². The SMILES string of the molecule is C=C(NN=c1scc(-c2ccccc2)n1Cc1ccccc1)c1ccccc1. The van der Waals surface area contributed by atoms with Crippen molar-refractivity contribution in [3.05, 3.63) is 119 Å². The fourth-order valence-corrected chi connectivity index (χ4v) is 3.87. The summed E-state index contributed by atoms with van der Waals surface area (Å²) in [7, 11) is 0. The number of hydrogen-bond acceptors (Lipinski definition) is 3. The second-order valence-electron chi connectivity index (χ2n) is 6.41. The third-order valence-corrected chi connectivity index (χ3v) is 5.32. The lowest BCUT2D eigenvalue weighted by Gasteiger charge is -2.10. The molecule has 4 rings (SSSR count). The molecule has 0 atom stereocenters. The van der Waals surface area contributed by atoms with Gasteiger partial charge >= 0.3 is 0 Å². The third-order valence-electron chi connectivity index (χ3n) is 4.46. The number of hydrogen-bond donors (Lipinski definition) is 1. The Morgan fingerprint density at radius 3 is 2.14 bits per heavy atom. The molecule has 0 saturated heterocycles. The summed E-state index contributed by atoms with van der Waals surface area (Å²) in [5.74, 6) is 0. The van der Waals surface area contributed by atoms with Crippen molar-refractivity contribution in [3.63, 3.8) is 0 Å². The van der Waals surface area contributed by atoms with Crippen molar-refractivity contribution in [3.8, 4) is 11.3 Å². The van der Waals surface area contributed by atoms with E-state index in [2.05, 4.69) is 75.6 Å². The Bertz CT molecular complexity index is 1110. The Balaban J connectivity index is 1.70. The molecular formula is C24H21N3S. The zero-order chi connectivity index (χ0) is 19.2. The number of benzene rings is 3. The van der Waals surface area contributed by atoms with Gasteiger partial charge in [0, 0.05) is 5.38 Å². The maximum absolute atomic E-state index is 4.66. The average molecular weight is 384 g/mol. The molecule has 1 N–H and O–H groups in total. The molecule has 28 heavy (non-hydrogen) atoms. The van der Waals surface area contributed by atoms with Crippen LogP contribution in [0.3, 0.4) is 0 Å². The summed E-state index contributed by atoms with van der Waals surface area (Å²) >= 11 is 1.62. The summed E-state index contributed by atoms with van der Waals surface area (Å²) in [5.41, 5.74) is 8.50. The van der Waals surface area contributed by atoms with Crippen molar-refractivity contribution >= 4 is 17.0 Å². The molecule has 0 amide bonds. The van der Waals surface area contributed by atoms with E-state index in [9.17, 15) is 0 Å². The summed E-state index contributed by atoms with van der Waals surface area (Å²) in [6.07, 6.45) is 0. The standard InChI is InChI=1S/C24H21N3S/c1-19(21-13-7-3-8-14-21)25-26-24-27(17-20-11-5-2-6-12-20)23(18-28-24)22-15-9-4-10-16-22/h2-16,18,25H,1,17H2. The Morgan fingerprint density at radius 1 is 0.857 bits per heavy atom. The second kappa shape index (κ2) is 8.55. The summed E-state index contributed by atoms with van der Waals surface area (Å²) in [6.45, 7) is 4.87. The van der Waals surface area contributed by atoms with Crippen molar-refractivity contribution in [1.82, 2.24) is 9.99 Å². The Morgan fingerprint density at radius 2 is 1.46 bits per heavy atom. The van der Waals surface area contributed by atoms with Gasteiger partial charge in [0.1, 0.15) is 0 Å². The van der Waals surface area contributed by atoms with Crippen LogP contribution in [0, 0.1) is 0 Å². The van der Waals surface area contributed by atoms with Crippen LogP contribution in [-0.4, -0.2) is 4.57 Å². The molecule has 0 aliphatic carbocycles. The average Bonchev–Trinajstić information content (AvgIpc) is 3.16. The van der Waals surface area contributed by atoms with Crippen molar-refractivity contribution in [2.24, 2.45) is 5.10 Å². The lowest BCUT2D eigenvalue weighted by molar-refractivity contribution is 0.751. The second-order valence-corrected chi connectivity index (χ2v) is 7.25. The van der Waals surface area contributed by atoms with Gasteiger partial charge in [-0.15, -0.1) is 16.4 Å². The van der Waals surface area contributed by atoms with Gasteiger partial charge in [0.2, 0.25) is 4.80 Å². The topological polar surface area (TPSA) is 29.3 Å². The highest BCUT2D eigenvalue weighted by molar-refractivity contribution is 7.07. The minimum atomic E-state index is 0.757. The van der Waals surface area contributed by atoms with Gasteiger partial charge in [-0.3, -0.25) is 5.43 Å². The van der Waals surface area contributed by atoms with Crippen LogP contribution in [0.2, 0.25) is 0 Å². The molecule has 0 aliphatic rings. The number of rotatable bonds is 6. The van der Waals surface area contributed by atoms with E-state index in [1.165, 1.54) is 11.1 Å². The molecule has 0 saturated carbocycles. The third kappa shape index (κ3) is 4.13. The largest absolute Gasteiger partial charge is 0.311 e. The molecule has 4 aromatic rings. The van der Waals surface area contributed by atoms with Gasteiger partial charge in [0.05, 0.1) is 17.9 Å². The highest BCUT2D eigenvalue weighted by Crippen LogP contribution is 2.20. The van der Waals surface area contributed by atoms with Crippen molar-refractivity contribution in [2.75, 3.05) is 0 Å². The van der Waals surface area contributed by atoms with Gasteiger partial charge in [0.15, 0.2) is 0 Å². The Kier molecular flexibility index (Phi) is 5.50. The molecular weight excluding hydrogens is 362 g/mol. The van der Waals surface area contributed by atoms with Crippen LogP contribution in [0.1, 0.15) is 11.1 Å². The molecule has 3 aromatic carbocycles. The molecule has 0 aliphatic heterocycles. The zero-order valence-electron chi connectivity index (χ0n) is 15.5. The molecule has 138 valence electrons. The van der Waals surface area contributed by atoms with Crippen LogP contribution in [-0.2, 0) is 6.54 Å². The Labute approximate surface area is 168 Å². The fourth-order valence-electron chi connectivity index (χ4n) is 3.00. The highest BCUT2D eigenvalue weighted by Gasteiger charge is 2.09. The summed E-state index contributed by atoms with van der Waals surface area (Å²) in [5, 5.41) is 6.81. The zero-order valence-corrected chi connectivity index (χ0v) is 16.3. The number of nitrogens with zero attached hydrogens (tertiary/aromatic N) is 2. The van der Waals surface area contributed by atoms with E-state index in [0.717, 1.165) is 28.3 Å². The molecule has 4 heteroatoms. The van der Waals surface area contributed by atoms with Gasteiger partial charge in [0.25, 0.3) is 0 Å². The van der Waals surface area contributed by atoms with Crippen LogP contribution in [0.25, 0.3) is 17.0 Å². The lowest BCUT2D eigenvalue weighted by atomic mass is 10.1. The molecule has 3 nitrogen and oxygen atoms in total. The van der Waals surface area contributed by atoms with Crippen molar-refractivity contribution < 1.29 is 0 Å². The van der Waals surface area contributed by atoms with Crippen LogP contribution in [0.4, 0.5) is 0 Å². The van der Waals surface area contributed by atoms with Crippen LogP contribution >= 0.6 is 11.3 Å². The first kappa shape index (κ1) is 18.0. The van der Waals surface area contributed by atoms with Crippen LogP contribution in [0.15, 0.2) is 108 Å². The van der Waals surface area contributed by atoms with E-state index >= 15 is 0 Å². The quantitative estimate of drug-likeness (QED) is 0.447. The summed E-state index contributed by atoms with van der Waals surface area (Å²) in [4.78, 5) is 0.903. The fraction of sp³-hybridized carbons (Fsp3) is 0.0417. The number of aromatic nitrogens is 1. The van der Waals surface area contributed by atoms with E-state index in [0.29, 0.717) is 0 Å². The number of nitrogens with one attached hydrogen (secondary N) is 1. The molecule has 0 spiro atoms. The molecule has 0 radical (unpaired) electrons. The minimum Gasteiger partial charge on any atom is -0.311 e. The lowest BCUT2D eigenvalue weighted by Crippen LogP contribution is -2.20. The first-order valence-corrected chi connectivity index (χ1v) is 10.0. The van der Waals surface area contributed by atoms with Gasteiger partial charge in [-0.2, -0.15) is 0 Å². The van der Waals surface area contributed by atoms with Crippen LogP contribution < -0.4 is 10.2 Å². The molecule has 0 fully saturated rings. The summed E-state index contributed by atoms with van der Waals surface area (Å²) < 4.78 is 2.24. The maximum Gasteiger partial charge on any atom is 0.208 e. The van der Waals surface area contributed by atoms with Crippen LogP contribution in [0.5, 0.6) is 0 Å². The van der Waals surface area contributed by atoms with Gasteiger partial charge in [-0.1, -0.05) is 97.6 Å². The normalized spacial score (nSPS) is 11.4. The van der Waals surface area contributed by atoms with Gasteiger partial charge in [-0.05, 0) is 16.7 Å². The molecule has 0 bridgehead atoms. The predicted molar refractivity (Wildman–Crippen MR) is 117 cm³/mol. The monoisotopic (exact) mass is 383 g/mol. The molecule has 0 unspecified atom stereocenters. The highest BCUT2D eigenvalue weighted by atomic mass is 32.1. The van der Waals surface area contributed by atoms with Crippen molar-refractivity contribution in [2.45, 2.75) is 6.54 Å². The molecule has 1 heterocycles. The first-order chi connectivity index (χ1) is 13.8. The van der Waals surface area contributed by atoms with Gasteiger partial charge < -0.3 is 4.57 Å². The molecule has 1 aromatic heterocycles. The maximum atomic E-state index is 4.66. The minimum absolute atomic E-state index is 0.757. The van der Waals surface area contributed by atoms with Gasteiger partial charge in [-0.25, -0.2) is 0 Å². The van der Waals surface area contributed by atoms with E-state index in [1.807, 2.05) is 42.5 Å². The van der Waals surface area contributed by atoms with E-state index in [1.54, 1.807) is 11.3 Å². The van der Waals surface area contributed by atoms with E-state index in [4.69, 9.17) is 0 Å².